The molecule has 3 N–H and O–H groups in total. The van der Waals surface area contributed by atoms with Gasteiger partial charge in [0.2, 0.25) is 5.95 Å². The standard InChI is InChI=1S/C25H26ClN9O/c1-25(2,36)20-15-29-22-11-18(7-10-35(20)22)32-24-30-14-19(26)23(33-24)31-17-5-8-34(9-6-17)21-4-3-16(12-27)13-28-21/h3-4,7,10-11,13-15,17,36H,5-6,8-9H2,1-2H3,(H2,30,31,32,33). The monoisotopic (exact) mass is 503 g/mol. The number of fused-ring (bicyclic) bond motifs is 1. The van der Waals surface area contributed by atoms with E-state index < -0.39 is 5.60 Å². The minimum atomic E-state index is -0.997. The van der Waals surface area contributed by atoms with Crippen LogP contribution in [-0.2, 0) is 5.60 Å². The molecule has 5 rings (SSSR count). The van der Waals surface area contributed by atoms with Gasteiger partial charge in [-0.3, -0.25) is 0 Å². The third-order valence-corrected chi connectivity index (χ3v) is 6.45. The Kier molecular flexibility index (Phi) is 6.35. The van der Waals surface area contributed by atoms with E-state index in [1.807, 2.05) is 28.8 Å². The smallest absolute Gasteiger partial charge is 0.229 e. The van der Waals surface area contributed by atoms with Crippen molar-refractivity contribution in [3.63, 3.8) is 0 Å². The number of nitrogens with one attached hydrogen (secondary N) is 2. The van der Waals surface area contributed by atoms with Gasteiger partial charge in [-0.15, -0.1) is 0 Å². The van der Waals surface area contributed by atoms with Crippen LogP contribution in [0.3, 0.4) is 0 Å². The first kappa shape index (κ1) is 23.8. The summed E-state index contributed by atoms with van der Waals surface area (Å²) in [6, 6.07) is 9.73. The number of hydrogen-bond donors (Lipinski definition) is 3. The SMILES string of the molecule is CC(C)(O)c1cnc2cc(Nc3ncc(Cl)c(NC4CCN(c5ccc(C#N)cn5)CC4)n3)ccn12. The number of halogens is 1. The zero-order valence-corrected chi connectivity index (χ0v) is 20.7. The van der Waals surface area contributed by atoms with Crippen molar-refractivity contribution in [2.75, 3.05) is 28.6 Å². The van der Waals surface area contributed by atoms with E-state index in [0.717, 1.165) is 37.4 Å². The maximum absolute atomic E-state index is 10.3. The molecule has 0 unspecified atom stereocenters. The first-order valence-corrected chi connectivity index (χ1v) is 12.0. The highest BCUT2D eigenvalue weighted by Gasteiger charge is 2.22. The molecular formula is C25H26ClN9O. The van der Waals surface area contributed by atoms with Gasteiger partial charge in [0.1, 0.15) is 28.2 Å². The summed E-state index contributed by atoms with van der Waals surface area (Å²) in [5.74, 6) is 1.87. The zero-order valence-electron chi connectivity index (χ0n) is 20.0. The largest absolute Gasteiger partial charge is 0.384 e. The highest BCUT2D eigenvalue weighted by Crippen LogP contribution is 2.27. The summed E-state index contributed by atoms with van der Waals surface area (Å²) in [7, 11) is 0. The van der Waals surface area contributed by atoms with E-state index in [-0.39, 0.29) is 6.04 Å². The van der Waals surface area contributed by atoms with Crippen molar-refractivity contribution in [1.82, 2.24) is 24.3 Å². The summed E-state index contributed by atoms with van der Waals surface area (Å²) in [5.41, 5.74) is 1.74. The van der Waals surface area contributed by atoms with E-state index in [1.54, 1.807) is 38.5 Å². The van der Waals surface area contributed by atoms with Crippen LogP contribution in [0, 0.1) is 11.3 Å². The fourth-order valence-corrected chi connectivity index (χ4v) is 4.40. The number of aromatic nitrogens is 5. The molecule has 10 nitrogen and oxygen atoms in total. The van der Waals surface area contributed by atoms with Gasteiger partial charge >= 0.3 is 0 Å². The van der Waals surface area contributed by atoms with Gasteiger partial charge in [-0.05, 0) is 44.9 Å². The average Bonchev–Trinajstić information content (AvgIpc) is 3.31. The molecule has 1 aliphatic rings. The van der Waals surface area contributed by atoms with Gasteiger partial charge < -0.3 is 25.0 Å². The van der Waals surface area contributed by atoms with Gasteiger partial charge in [0.25, 0.3) is 0 Å². The molecule has 0 aliphatic carbocycles. The molecule has 0 atom stereocenters. The lowest BCUT2D eigenvalue weighted by atomic mass is 10.0. The summed E-state index contributed by atoms with van der Waals surface area (Å²) < 4.78 is 1.85. The first-order chi connectivity index (χ1) is 17.3. The lowest BCUT2D eigenvalue weighted by molar-refractivity contribution is 0.0729. The Bertz CT molecular complexity index is 1410. The molecule has 1 aliphatic heterocycles. The Morgan fingerprint density at radius 1 is 1.11 bits per heavy atom. The zero-order chi connectivity index (χ0) is 25.3. The van der Waals surface area contributed by atoms with Crippen molar-refractivity contribution in [1.29, 1.82) is 5.26 Å². The van der Waals surface area contributed by atoms with Gasteiger partial charge in [-0.2, -0.15) is 10.2 Å². The molecule has 1 fully saturated rings. The fraction of sp³-hybridized carbons (Fsp3) is 0.320. The van der Waals surface area contributed by atoms with Gasteiger partial charge in [0.15, 0.2) is 5.82 Å². The topological polar surface area (TPSA) is 127 Å². The number of anilines is 4. The van der Waals surface area contributed by atoms with E-state index in [0.29, 0.717) is 33.7 Å². The van der Waals surface area contributed by atoms with Crippen molar-refractivity contribution in [3.05, 3.63) is 65.3 Å². The molecule has 36 heavy (non-hydrogen) atoms. The molecule has 184 valence electrons. The molecule has 0 radical (unpaired) electrons. The summed E-state index contributed by atoms with van der Waals surface area (Å²) >= 11 is 6.40. The number of nitrogens with zero attached hydrogens (tertiary/aromatic N) is 7. The number of nitriles is 1. The van der Waals surface area contributed by atoms with Crippen molar-refractivity contribution < 1.29 is 5.11 Å². The Balaban J connectivity index is 1.24. The van der Waals surface area contributed by atoms with Crippen molar-refractivity contribution in [3.8, 4) is 6.07 Å². The number of rotatable bonds is 6. The van der Waals surface area contributed by atoms with Crippen molar-refractivity contribution in [2.24, 2.45) is 0 Å². The van der Waals surface area contributed by atoms with E-state index in [2.05, 4.69) is 41.5 Å². The number of hydrogen-bond acceptors (Lipinski definition) is 9. The molecule has 0 aromatic carbocycles. The minimum absolute atomic E-state index is 0.210. The molecular weight excluding hydrogens is 478 g/mol. The van der Waals surface area contributed by atoms with Crippen LogP contribution >= 0.6 is 11.6 Å². The van der Waals surface area contributed by atoms with Gasteiger partial charge in [0.05, 0.1) is 23.7 Å². The number of pyridine rings is 2. The van der Waals surface area contributed by atoms with Crippen LogP contribution in [0.4, 0.5) is 23.3 Å². The maximum atomic E-state index is 10.3. The van der Waals surface area contributed by atoms with Crippen LogP contribution in [0.1, 0.15) is 37.9 Å². The molecule has 0 amide bonds. The van der Waals surface area contributed by atoms with E-state index in [9.17, 15) is 5.11 Å². The van der Waals surface area contributed by atoms with E-state index in [4.69, 9.17) is 16.9 Å². The maximum Gasteiger partial charge on any atom is 0.229 e. The van der Waals surface area contributed by atoms with Gasteiger partial charge in [0, 0.05) is 43.3 Å². The van der Waals surface area contributed by atoms with E-state index in [1.165, 1.54) is 0 Å². The number of piperidine rings is 1. The molecule has 0 saturated carbocycles. The van der Waals surface area contributed by atoms with Crippen molar-refractivity contribution in [2.45, 2.75) is 38.3 Å². The number of imidazole rings is 1. The summed E-state index contributed by atoms with van der Waals surface area (Å²) in [6.45, 7) is 5.13. The van der Waals surface area contributed by atoms with Crippen LogP contribution in [0.2, 0.25) is 5.02 Å². The molecule has 0 bridgehead atoms. The second-order valence-corrected chi connectivity index (χ2v) is 9.69. The lowest BCUT2D eigenvalue weighted by Crippen LogP contribution is -2.39. The summed E-state index contributed by atoms with van der Waals surface area (Å²) in [4.78, 5) is 19.9. The molecule has 4 aromatic heterocycles. The van der Waals surface area contributed by atoms with Crippen molar-refractivity contribution >= 4 is 40.5 Å². The van der Waals surface area contributed by atoms with Crippen LogP contribution in [0.5, 0.6) is 0 Å². The predicted octanol–water partition coefficient (Wildman–Crippen LogP) is 4.10. The van der Waals surface area contributed by atoms with Gasteiger partial charge in [-0.25, -0.2) is 15.0 Å². The third kappa shape index (κ3) is 5.03. The molecule has 0 spiro atoms. The second kappa shape index (κ2) is 9.60. The van der Waals surface area contributed by atoms with Crippen LogP contribution in [0.15, 0.2) is 49.1 Å². The lowest BCUT2D eigenvalue weighted by Gasteiger charge is -2.33. The molecule has 4 aromatic rings. The third-order valence-electron chi connectivity index (χ3n) is 6.18. The van der Waals surface area contributed by atoms with Gasteiger partial charge in [-0.1, -0.05) is 11.6 Å². The Labute approximate surface area is 213 Å². The molecule has 5 heterocycles. The minimum Gasteiger partial charge on any atom is -0.384 e. The highest BCUT2D eigenvalue weighted by molar-refractivity contribution is 6.32. The quantitative estimate of drug-likeness (QED) is 0.356. The summed E-state index contributed by atoms with van der Waals surface area (Å²) in [6.07, 6.45) is 8.49. The van der Waals surface area contributed by atoms with Crippen LogP contribution in [-0.4, -0.2) is 48.6 Å². The number of aliphatic hydroxyl groups is 1. The molecule has 11 heteroatoms. The van der Waals surface area contributed by atoms with E-state index >= 15 is 0 Å². The normalized spacial score (nSPS) is 14.6. The van der Waals surface area contributed by atoms with Crippen LogP contribution < -0.4 is 15.5 Å². The predicted molar refractivity (Wildman–Crippen MR) is 139 cm³/mol. The van der Waals surface area contributed by atoms with Crippen LogP contribution in [0.25, 0.3) is 5.65 Å². The highest BCUT2D eigenvalue weighted by atomic mass is 35.5. The fourth-order valence-electron chi connectivity index (χ4n) is 4.25. The molecule has 1 saturated heterocycles. The Hall–Kier alpha value is -3.94. The Morgan fingerprint density at radius 2 is 1.92 bits per heavy atom. The average molecular weight is 504 g/mol. The first-order valence-electron chi connectivity index (χ1n) is 11.7. The Morgan fingerprint density at radius 3 is 2.61 bits per heavy atom. The second-order valence-electron chi connectivity index (χ2n) is 9.28. The summed E-state index contributed by atoms with van der Waals surface area (Å²) in [5, 5.41) is 26.4.